The van der Waals surface area contributed by atoms with Crippen LogP contribution in [-0.4, -0.2) is 50.6 Å². The van der Waals surface area contributed by atoms with Crippen molar-refractivity contribution in [3.8, 4) is 50.3 Å². The predicted octanol–water partition coefficient (Wildman–Crippen LogP) is 17.9. The summed E-state index contributed by atoms with van der Waals surface area (Å²) in [5.74, 6) is 0. The summed E-state index contributed by atoms with van der Waals surface area (Å²) < 4.78 is 1.86. The number of hydrogen-bond donors (Lipinski definition) is 0. The Labute approximate surface area is 653 Å². The molecule has 0 N–H and O–H groups in total. The maximum absolute atomic E-state index is 4.36. The molecule has 11 aromatic rings. The molecule has 16 heteroatoms. The predicted molar refractivity (Wildman–Crippen MR) is 383 cm³/mol. The van der Waals surface area contributed by atoms with Crippen LogP contribution in [0.3, 0.4) is 0 Å². The second-order valence-electron chi connectivity index (χ2n) is 24.3. The number of fused-ring (bicyclic) bond motifs is 6. The van der Waals surface area contributed by atoms with Gasteiger partial charge in [-0.25, -0.2) is 0 Å². The first-order valence-electron chi connectivity index (χ1n) is 31.4. The van der Waals surface area contributed by atoms with Gasteiger partial charge in [0.1, 0.15) is 0 Å². The maximum Gasteiger partial charge on any atom is 0.0493 e. The van der Waals surface area contributed by atoms with Crippen LogP contribution in [0.5, 0.6) is 0 Å². The number of aromatic nitrogens is 3. The minimum absolute atomic E-state index is 0. The van der Waals surface area contributed by atoms with Crippen LogP contribution in [0.25, 0.3) is 50.3 Å². The molecule has 0 saturated heterocycles. The molecule has 11 nitrogen and oxygen atoms in total. The van der Waals surface area contributed by atoms with E-state index in [0.717, 1.165) is 45.4 Å². The van der Waals surface area contributed by atoms with Gasteiger partial charge in [0, 0.05) is 131 Å². The van der Waals surface area contributed by atoms with Crippen LogP contribution in [0.4, 0.5) is 28.4 Å². The van der Waals surface area contributed by atoms with E-state index in [4.69, 9.17) is 0 Å². The molecule has 0 spiro atoms. The molecule has 2 aromatic heterocycles. The summed E-state index contributed by atoms with van der Waals surface area (Å²) in [5.41, 5.74) is 21.6. The summed E-state index contributed by atoms with van der Waals surface area (Å²) in [6, 6.07) is 91.4. The van der Waals surface area contributed by atoms with Crippen molar-refractivity contribution in [1.82, 2.24) is 29.5 Å². The van der Waals surface area contributed by atoms with Crippen LogP contribution in [0.15, 0.2) is 287 Å². The summed E-state index contributed by atoms with van der Waals surface area (Å²) in [4.78, 5) is 20.8. The van der Waals surface area contributed by atoms with E-state index in [0.29, 0.717) is 0 Å². The van der Waals surface area contributed by atoms with Crippen molar-refractivity contribution in [3.63, 3.8) is 0 Å². The molecule has 9 aromatic carbocycles. The van der Waals surface area contributed by atoms with E-state index in [1.807, 2.05) is 211 Å². The molecule has 0 saturated carbocycles. The molecule has 0 amide bonds. The summed E-state index contributed by atoms with van der Waals surface area (Å²) in [6.45, 7) is 17.3. The molecule has 17 rings (SSSR count). The summed E-state index contributed by atoms with van der Waals surface area (Å²) >= 11 is 0. The van der Waals surface area contributed by atoms with E-state index in [1.165, 1.54) is 55.6 Å². The Morgan fingerprint density at radius 2 is 0.879 bits per heavy atom. The zero-order chi connectivity index (χ0) is 64.6. The Hall–Kier alpha value is -8.01. The van der Waals surface area contributed by atoms with E-state index in [2.05, 4.69) is 223 Å². The van der Waals surface area contributed by atoms with Gasteiger partial charge in [0.2, 0.25) is 0 Å². The molecule has 4 aliphatic heterocycles. The van der Waals surface area contributed by atoms with Crippen molar-refractivity contribution < 1.29 is 101 Å². The van der Waals surface area contributed by atoms with Gasteiger partial charge in [-0.15, -0.1) is 99.2 Å². The van der Waals surface area contributed by atoms with Gasteiger partial charge in [0.25, 0.3) is 0 Å². The molecule has 514 valence electrons. The number of benzene rings is 9. The SMILES string of the molecule is CC1(C)c2ccc(-n3cccn3)[c-]c2-c2ccccc21.CN1C=CN(c2[c-]cc3c(c2)C(C)(C)c2ccccc2-3)[CH-]1.CN1C=CN(c2[c-]ccc(-c3ccccc3)c2)[CH-]1.CN1C=CN(c2[c-]ccc(-c3ccccn3)c2)[CH-]1.[Ir].[Ir].[Ir].[Ir].[Pt].[c-]1ccccc1N1C=CN(c2ccccc2)[CH-]1. The van der Waals surface area contributed by atoms with E-state index in [9.17, 15) is 0 Å². The summed E-state index contributed by atoms with van der Waals surface area (Å²) in [7, 11) is 6.04. The van der Waals surface area contributed by atoms with Crippen LogP contribution in [0, 0.1) is 57.0 Å². The average Bonchev–Trinajstić information content (AvgIpc) is 1.59. The number of nitrogens with zero attached hydrogens (tertiary/aromatic N) is 11. The second kappa shape index (κ2) is 34.9. The van der Waals surface area contributed by atoms with Crippen molar-refractivity contribution in [2.24, 2.45) is 0 Å². The van der Waals surface area contributed by atoms with E-state index in [1.54, 1.807) is 12.4 Å². The number of para-hydroxylation sites is 2. The molecule has 0 fully saturated rings. The van der Waals surface area contributed by atoms with Crippen molar-refractivity contribution in [2.75, 3.05) is 45.6 Å². The zero-order valence-electron chi connectivity index (χ0n) is 55.5. The first-order chi connectivity index (χ1) is 45.8. The smallest absolute Gasteiger partial charge is 0.0493 e. The van der Waals surface area contributed by atoms with Crippen molar-refractivity contribution in [1.29, 1.82) is 0 Å². The molecule has 2 aliphatic carbocycles. The molecule has 0 unspecified atom stereocenters. The van der Waals surface area contributed by atoms with Gasteiger partial charge >= 0.3 is 0 Å². The molecular weight excluding hydrogens is 2110 g/mol. The number of rotatable bonds is 8. The van der Waals surface area contributed by atoms with E-state index in [-0.39, 0.29) is 112 Å². The molecular formula is C83H72Ir4N11Pt-9. The van der Waals surface area contributed by atoms with E-state index < -0.39 is 0 Å². The third-order valence-electron chi connectivity index (χ3n) is 17.2. The Balaban J connectivity index is 0.000000156. The van der Waals surface area contributed by atoms with Crippen LogP contribution < -0.4 is 24.5 Å². The normalized spacial score (nSPS) is 14.5. The Morgan fingerprint density at radius 1 is 0.364 bits per heavy atom. The minimum atomic E-state index is 0. The van der Waals surface area contributed by atoms with Crippen molar-refractivity contribution in [2.45, 2.75) is 38.5 Å². The quantitative estimate of drug-likeness (QED) is 0.138. The third kappa shape index (κ3) is 17.6. The topological polar surface area (TPSA) is 56.6 Å². The van der Waals surface area contributed by atoms with Crippen LogP contribution in [0.2, 0.25) is 0 Å². The Kier molecular flexibility index (Phi) is 27.0. The van der Waals surface area contributed by atoms with Gasteiger partial charge in [0.05, 0.1) is 0 Å². The molecule has 0 atom stereocenters. The van der Waals surface area contributed by atoms with Crippen molar-refractivity contribution in [3.05, 3.63) is 366 Å². The first kappa shape index (κ1) is 76.7. The van der Waals surface area contributed by atoms with Crippen LogP contribution >= 0.6 is 0 Å². The maximum atomic E-state index is 4.36. The molecule has 6 heterocycles. The van der Waals surface area contributed by atoms with Crippen LogP contribution in [-0.2, 0) is 112 Å². The number of pyridine rings is 1. The van der Waals surface area contributed by atoms with Gasteiger partial charge in [-0.3, -0.25) is 9.67 Å². The number of hydrogen-bond acceptors (Lipinski definition) is 10. The monoisotopic (exact) mass is 2190 g/mol. The van der Waals surface area contributed by atoms with Gasteiger partial charge in [-0.05, 0) is 129 Å². The van der Waals surface area contributed by atoms with Gasteiger partial charge in [0.15, 0.2) is 0 Å². The third-order valence-corrected chi connectivity index (χ3v) is 17.2. The molecule has 6 aliphatic rings. The first-order valence-corrected chi connectivity index (χ1v) is 31.4. The van der Waals surface area contributed by atoms with Gasteiger partial charge < -0.3 is 39.2 Å². The van der Waals surface area contributed by atoms with Gasteiger partial charge in [-0.1, -0.05) is 148 Å². The van der Waals surface area contributed by atoms with Gasteiger partial charge in [-0.2, -0.15) is 104 Å². The molecule has 4 radical (unpaired) electrons. The summed E-state index contributed by atoms with van der Waals surface area (Å²) in [5, 5.41) is 4.29. The standard InChI is InChI=1S/C19H18N2.C18H15N2.C16H14N2.C15H13N3.C15H12N2.4Ir.Pt/c1-19(2)17-7-5-4-6-15(17)16-9-8-14(12-18(16)19)21-11-10-20(3)13-21;1-18(2)16-7-4-3-6-14(16)15-12-13(8-9-17(15)18)20-11-5-10-19-20;1-17-10-11-18(13-17)16-9-5-8-15(12-16)14-6-3-2-4-7-14;1-17-9-10-18(12-17)14-6-4-5-13(11-14)15-7-2-3-8-16-15;1-3-7-14(8-4-1)16-11-12-17(13-16)15-9-5-2-6-10-15;;;;;/h4-7,9-13H,1-3H3;3-11H,1-2H3;2-8,10-13H,1H3;2-5,7-12H,1H3;1-9,11-13H;;;;;/q-2;-1;3*-2;;;;;. The minimum Gasteiger partial charge on any atom is -0.510 e. The second-order valence-corrected chi connectivity index (χ2v) is 24.3. The van der Waals surface area contributed by atoms with Crippen LogP contribution in [0.1, 0.15) is 49.9 Å². The fourth-order valence-corrected chi connectivity index (χ4v) is 12.2. The Morgan fingerprint density at radius 3 is 1.46 bits per heavy atom. The zero-order valence-corrected chi connectivity index (χ0v) is 67.4. The Bertz CT molecular complexity index is 4360. The fourth-order valence-electron chi connectivity index (χ4n) is 12.2. The number of anilines is 5. The van der Waals surface area contributed by atoms with E-state index >= 15 is 0 Å². The molecule has 0 bridgehead atoms. The largest absolute Gasteiger partial charge is 0.510 e. The fraction of sp³-hybridized carbons (Fsp3) is 0.108. The van der Waals surface area contributed by atoms with Crippen molar-refractivity contribution >= 4 is 28.4 Å². The average molecular weight is 2190 g/mol. The summed E-state index contributed by atoms with van der Waals surface area (Å²) in [6.07, 6.45) is 21.8. The molecule has 99 heavy (non-hydrogen) atoms.